The van der Waals surface area contributed by atoms with Crippen LogP contribution < -0.4 is 0 Å². The molecule has 0 saturated heterocycles. The molecule has 0 N–H and O–H groups in total. The third-order valence-corrected chi connectivity index (χ3v) is 11.5. The van der Waals surface area contributed by atoms with Crippen LogP contribution in [0.25, 0.3) is 0 Å². The van der Waals surface area contributed by atoms with E-state index >= 15 is 0 Å². The van der Waals surface area contributed by atoms with E-state index in [9.17, 15) is 0 Å². The van der Waals surface area contributed by atoms with Crippen LogP contribution in [0.1, 0.15) is 282 Å². The molecule has 0 aromatic heterocycles. The van der Waals surface area contributed by atoms with Gasteiger partial charge in [-0.15, -0.1) is 0 Å². The van der Waals surface area contributed by atoms with Crippen LogP contribution in [0.3, 0.4) is 0 Å². The van der Waals surface area contributed by atoms with E-state index in [1.807, 2.05) is 0 Å². The molecule has 0 aromatic rings. The Morgan fingerprint density at radius 3 is 0.852 bits per heavy atom. The monoisotopic (exact) mass is 765 g/mol. The van der Waals surface area contributed by atoms with Gasteiger partial charge in [-0.05, 0) is 67.6 Å². The van der Waals surface area contributed by atoms with E-state index in [1.165, 1.54) is 173 Å². The molecule has 0 amide bonds. The summed E-state index contributed by atoms with van der Waals surface area (Å²) in [6.45, 7) is 28.2. The highest BCUT2D eigenvalue weighted by molar-refractivity contribution is 4.73. The molecule has 3 nitrogen and oxygen atoms in total. The second kappa shape index (κ2) is 33.8. The first-order chi connectivity index (χ1) is 25.6. The van der Waals surface area contributed by atoms with Gasteiger partial charge in [-0.3, -0.25) is 0 Å². The number of ether oxygens (including phenoxy) is 3. The Labute approximate surface area is 342 Å². The Morgan fingerprint density at radius 1 is 0.315 bits per heavy atom. The summed E-state index contributed by atoms with van der Waals surface area (Å²) in [7, 11) is 0. The summed E-state index contributed by atoms with van der Waals surface area (Å²) in [6.07, 6.45) is 41.6. The van der Waals surface area contributed by atoms with Crippen molar-refractivity contribution < 1.29 is 14.2 Å². The predicted octanol–water partition coefficient (Wildman–Crippen LogP) is 18.0. The van der Waals surface area contributed by atoms with Crippen molar-refractivity contribution in [3.8, 4) is 0 Å². The molecule has 0 aliphatic rings. The SMILES string of the molecule is CCCCCCCCC(CC)C(OCCCCCCCCCC(C)(C)C)(OCCCCCCCCCC(C)(C)C)OCCCCCCCCCC(C)(C)C. The van der Waals surface area contributed by atoms with Crippen LogP contribution in [0, 0.1) is 22.2 Å². The van der Waals surface area contributed by atoms with Crippen molar-refractivity contribution in [2.45, 2.75) is 288 Å². The van der Waals surface area contributed by atoms with E-state index < -0.39 is 5.97 Å². The third kappa shape index (κ3) is 36.2. The quantitative estimate of drug-likeness (QED) is 0.0461. The first-order valence-electron chi connectivity index (χ1n) is 24.6. The molecule has 1 atom stereocenters. The van der Waals surface area contributed by atoms with Crippen LogP contribution in [0.2, 0.25) is 0 Å². The summed E-state index contributed by atoms with van der Waals surface area (Å²) in [6, 6.07) is 0. The van der Waals surface area contributed by atoms with Crippen LogP contribution in [-0.2, 0) is 14.2 Å². The van der Waals surface area contributed by atoms with Gasteiger partial charge in [-0.1, -0.05) is 230 Å². The molecule has 0 aromatic carbocycles. The van der Waals surface area contributed by atoms with Crippen molar-refractivity contribution in [3.05, 3.63) is 0 Å². The Hall–Kier alpha value is -0.120. The van der Waals surface area contributed by atoms with Gasteiger partial charge in [0, 0.05) is 5.92 Å². The van der Waals surface area contributed by atoms with E-state index in [4.69, 9.17) is 14.2 Å². The van der Waals surface area contributed by atoms with E-state index in [2.05, 4.69) is 76.2 Å². The highest BCUT2D eigenvalue weighted by atomic mass is 16.9. The molecule has 0 rings (SSSR count). The van der Waals surface area contributed by atoms with Gasteiger partial charge in [0.25, 0.3) is 5.97 Å². The standard InChI is InChI=1S/C51H104O3/c1-12-14-15-16-26-33-40-47(13-2)51(52-44-37-30-23-17-20-27-34-41-48(3,4)5,53-45-38-31-24-18-21-28-35-42-49(6,7)8)54-46-39-32-25-19-22-29-36-43-50(9,10)11/h47H,12-46H2,1-11H3. The fourth-order valence-electron chi connectivity index (χ4n) is 7.85. The molecule has 1 unspecified atom stereocenters. The van der Waals surface area contributed by atoms with Crippen molar-refractivity contribution in [1.29, 1.82) is 0 Å². The summed E-state index contributed by atoms with van der Waals surface area (Å²) in [4.78, 5) is 0. The molecule has 326 valence electrons. The summed E-state index contributed by atoms with van der Waals surface area (Å²) in [5.74, 6) is -0.595. The number of rotatable bonds is 39. The van der Waals surface area contributed by atoms with Crippen LogP contribution in [0.4, 0.5) is 0 Å². The predicted molar refractivity (Wildman–Crippen MR) is 242 cm³/mol. The van der Waals surface area contributed by atoms with Gasteiger partial charge in [0.2, 0.25) is 0 Å². The molecular weight excluding hydrogens is 661 g/mol. The van der Waals surface area contributed by atoms with Gasteiger partial charge in [0.1, 0.15) is 0 Å². The number of hydrogen-bond acceptors (Lipinski definition) is 3. The zero-order valence-corrected chi connectivity index (χ0v) is 39.6. The fraction of sp³-hybridized carbons (Fsp3) is 1.00. The lowest BCUT2D eigenvalue weighted by Gasteiger charge is -2.40. The Bertz CT molecular complexity index is 686. The van der Waals surface area contributed by atoms with E-state index in [-0.39, 0.29) is 5.92 Å². The van der Waals surface area contributed by atoms with Crippen molar-refractivity contribution >= 4 is 0 Å². The highest BCUT2D eigenvalue weighted by Crippen LogP contribution is 2.34. The zero-order chi connectivity index (χ0) is 40.4. The molecule has 54 heavy (non-hydrogen) atoms. The lowest BCUT2D eigenvalue weighted by Crippen LogP contribution is -2.47. The molecule has 0 heterocycles. The maximum absolute atomic E-state index is 6.92. The highest BCUT2D eigenvalue weighted by Gasteiger charge is 2.41. The topological polar surface area (TPSA) is 27.7 Å². The molecule has 0 aliphatic carbocycles. The minimum atomic E-state index is -0.884. The van der Waals surface area contributed by atoms with Crippen LogP contribution in [0.5, 0.6) is 0 Å². The normalized spacial score (nSPS) is 13.6. The summed E-state index contributed by atoms with van der Waals surface area (Å²) < 4.78 is 20.7. The molecule has 3 heteroatoms. The molecule has 0 radical (unpaired) electrons. The van der Waals surface area contributed by atoms with E-state index in [1.54, 1.807) is 0 Å². The van der Waals surface area contributed by atoms with Gasteiger partial charge in [-0.25, -0.2) is 0 Å². The molecule has 0 aliphatic heterocycles. The lowest BCUT2D eigenvalue weighted by molar-refractivity contribution is -0.407. The molecule has 0 spiro atoms. The van der Waals surface area contributed by atoms with E-state index in [0.29, 0.717) is 16.2 Å². The number of unbranched alkanes of at least 4 members (excludes halogenated alkanes) is 23. The van der Waals surface area contributed by atoms with Gasteiger partial charge >= 0.3 is 0 Å². The summed E-state index contributed by atoms with van der Waals surface area (Å²) in [5.41, 5.74) is 1.41. The number of hydrogen-bond donors (Lipinski definition) is 0. The fourth-order valence-corrected chi connectivity index (χ4v) is 7.85. The third-order valence-electron chi connectivity index (χ3n) is 11.5. The van der Waals surface area contributed by atoms with Crippen molar-refractivity contribution in [1.82, 2.24) is 0 Å². The molecular formula is C51H104O3. The second-order valence-electron chi connectivity index (χ2n) is 21.2. The molecule has 0 saturated carbocycles. The van der Waals surface area contributed by atoms with Gasteiger partial charge in [0.15, 0.2) is 0 Å². The first-order valence-corrected chi connectivity index (χ1v) is 24.6. The largest absolute Gasteiger partial charge is 0.327 e. The second-order valence-corrected chi connectivity index (χ2v) is 21.2. The maximum Gasteiger partial charge on any atom is 0.285 e. The Balaban J connectivity index is 5.22. The van der Waals surface area contributed by atoms with Gasteiger partial charge in [0.05, 0.1) is 19.8 Å². The average molecular weight is 765 g/mol. The van der Waals surface area contributed by atoms with Crippen molar-refractivity contribution in [3.63, 3.8) is 0 Å². The average Bonchev–Trinajstić information content (AvgIpc) is 3.08. The van der Waals surface area contributed by atoms with Crippen LogP contribution >= 0.6 is 0 Å². The maximum atomic E-state index is 6.92. The Morgan fingerprint density at radius 2 is 0.574 bits per heavy atom. The Kier molecular flexibility index (Phi) is 33.7. The van der Waals surface area contributed by atoms with Gasteiger partial charge < -0.3 is 14.2 Å². The summed E-state index contributed by atoms with van der Waals surface area (Å²) in [5, 5.41) is 0. The van der Waals surface area contributed by atoms with Crippen molar-refractivity contribution in [2.75, 3.05) is 19.8 Å². The van der Waals surface area contributed by atoms with Crippen molar-refractivity contribution in [2.24, 2.45) is 22.2 Å². The minimum absolute atomic E-state index is 0.289. The first kappa shape index (κ1) is 53.9. The molecule has 0 bridgehead atoms. The molecule has 0 fully saturated rings. The van der Waals surface area contributed by atoms with E-state index in [0.717, 1.165) is 51.9 Å². The lowest BCUT2D eigenvalue weighted by atomic mass is 9.89. The smallest absolute Gasteiger partial charge is 0.285 e. The zero-order valence-electron chi connectivity index (χ0n) is 39.6. The van der Waals surface area contributed by atoms with Gasteiger partial charge in [-0.2, -0.15) is 0 Å². The van der Waals surface area contributed by atoms with Crippen LogP contribution in [0.15, 0.2) is 0 Å². The van der Waals surface area contributed by atoms with Crippen LogP contribution in [-0.4, -0.2) is 25.8 Å². The summed E-state index contributed by atoms with van der Waals surface area (Å²) >= 11 is 0. The minimum Gasteiger partial charge on any atom is -0.327 e.